The number of para-hydroxylation sites is 1. The molecule has 0 bridgehead atoms. The molecule has 1 aromatic heterocycles. The van der Waals surface area contributed by atoms with Gasteiger partial charge in [0.25, 0.3) is 0 Å². The molecule has 22 heavy (non-hydrogen) atoms. The predicted octanol–water partition coefficient (Wildman–Crippen LogP) is 3.23. The van der Waals surface area contributed by atoms with Gasteiger partial charge in [0.15, 0.2) is 0 Å². The maximum Gasteiger partial charge on any atom is 0.226 e. The summed E-state index contributed by atoms with van der Waals surface area (Å²) in [6, 6.07) is 9.51. The number of benzene rings is 1. The molecule has 0 saturated carbocycles. The van der Waals surface area contributed by atoms with Crippen molar-refractivity contribution in [1.29, 1.82) is 0 Å². The fourth-order valence-corrected chi connectivity index (χ4v) is 2.76. The third-order valence-electron chi connectivity index (χ3n) is 3.74. The van der Waals surface area contributed by atoms with Crippen molar-refractivity contribution in [2.75, 3.05) is 6.61 Å². The molecule has 2 heterocycles. The van der Waals surface area contributed by atoms with Crippen LogP contribution in [-0.2, 0) is 11.2 Å². The molecule has 1 aliphatic heterocycles. The fourth-order valence-electron chi connectivity index (χ4n) is 2.65. The molecule has 114 valence electrons. The van der Waals surface area contributed by atoms with Gasteiger partial charge in [-0.2, -0.15) is 0 Å². The summed E-state index contributed by atoms with van der Waals surface area (Å²) in [6.07, 6.45) is 2.57. The maximum absolute atomic E-state index is 12.2. The third kappa shape index (κ3) is 3.22. The number of rotatable bonds is 3. The van der Waals surface area contributed by atoms with E-state index in [0.717, 1.165) is 23.3 Å². The second-order valence-electron chi connectivity index (χ2n) is 5.40. The minimum Gasteiger partial charge on any atom is -0.493 e. The molecule has 5 heteroatoms. The molecule has 1 aliphatic rings. The number of nitrogens with zero attached hydrogens (tertiary/aromatic N) is 1. The lowest BCUT2D eigenvalue weighted by Crippen LogP contribution is -2.33. The van der Waals surface area contributed by atoms with Crippen molar-refractivity contribution in [1.82, 2.24) is 10.3 Å². The van der Waals surface area contributed by atoms with Crippen molar-refractivity contribution in [2.45, 2.75) is 25.8 Å². The molecular formula is C17H17ClN2O2. The highest BCUT2D eigenvalue weighted by Crippen LogP contribution is 2.34. The number of fused-ring (bicyclic) bond motifs is 1. The Hall–Kier alpha value is -2.07. The summed E-state index contributed by atoms with van der Waals surface area (Å²) >= 11 is 5.80. The molecule has 1 atom stereocenters. The Morgan fingerprint density at radius 1 is 1.41 bits per heavy atom. The molecule has 0 fully saturated rings. The van der Waals surface area contributed by atoms with Crippen LogP contribution in [0.2, 0.25) is 5.02 Å². The molecule has 1 aromatic carbocycles. The first-order chi connectivity index (χ1) is 10.6. The average molecular weight is 317 g/mol. The van der Waals surface area contributed by atoms with Crippen LogP contribution in [0.3, 0.4) is 0 Å². The average Bonchev–Trinajstić information content (AvgIpc) is 2.51. The monoisotopic (exact) mass is 316 g/mol. The number of carbonyl (C=O) groups excluding carboxylic acids is 1. The van der Waals surface area contributed by atoms with Gasteiger partial charge in [-0.3, -0.25) is 9.78 Å². The molecule has 2 aromatic rings. The first kappa shape index (κ1) is 14.9. The van der Waals surface area contributed by atoms with E-state index in [-0.39, 0.29) is 18.4 Å². The van der Waals surface area contributed by atoms with E-state index in [2.05, 4.69) is 10.3 Å². The Balaban J connectivity index is 1.70. The highest BCUT2D eigenvalue weighted by molar-refractivity contribution is 6.30. The summed E-state index contributed by atoms with van der Waals surface area (Å²) in [5, 5.41) is 3.64. The molecule has 0 radical (unpaired) electrons. The highest BCUT2D eigenvalue weighted by Gasteiger charge is 2.24. The van der Waals surface area contributed by atoms with E-state index in [1.165, 1.54) is 0 Å². The lowest BCUT2D eigenvalue weighted by molar-refractivity contribution is -0.121. The molecular weight excluding hydrogens is 300 g/mol. The molecule has 3 rings (SSSR count). The highest BCUT2D eigenvalue weighted by atomic mass is 35.5. The zero-order valence-electron chi connectivity index (χ0n) is 12.3. The van der Waals surface area contributed by atoms with Crippen LogP contribution >= 0.6 is 11.6 Å². The zero-order valence-corrected chi connectivity index (χ0v) is 13.1. The van der Waals surface area contributed by atoms with E-state index >= 15 is 0 Å². The van der Waals surface area contributed by atoms with Gasteiger partial charge < -0.3 is 10.1 Å². The van der Waals surface area contributed by atoms with Crippen LogP contribution in [0.1, 0.15) is 29.3 Å². The quantitative estimate of drug-likeness (QED) is 0.946. The van der Waals surface area contributed by atoms with Crippen molar-refractivity contribution < 1.29 is 9.53 Å². The van der Waals surface area contributed by atoms with Gasteiger partial charge in [-0.1, -0.05) is 29.8 Å². The van der Waals surface area contributed by atoms with E-state index in [1.807, 2.05) is 25.1 Å². The van der Waals surface area contributed by atoms with Gasteiger partial charge in [-0.25, -0.2) is 0 Å². The number of aryl methyl sites for hydroxylation is 1. The van der Waals surface area contributed by atoms with E-state index in [4.69, 9.17) is 16.3 Å². The van der Waals surface area contributed by atoms with E-state index in [1.54, 1.807) is 18.3 Å². The number of hydrogen-bond donors (Lipinski definition) is 1. The Kier molecular flexibility index (Phi) is 4.29. The van der Waals surface area contributed by atoms with E-state index < -0.39 is 0 Å². The van der Waals surface area contributed by atoms with Gasteiger partial charge in [-0.15, -0.1) is 0 Å². The number of ether oxygens (including phenoxy) is 1. The minimum atomic E-state index is -0.0471. The minimum absolute atomic E-state index is 0.0107. The Morgan fingerprint density at radius 3 is 3.05 bits per heavy atom. The maximum atomic E-state index is 12.2. The standard InChI is InChI=1S/C17H17ClN2O2/c1-11-3-2-4-14-15(7-8-22-17(11)14)20-16(21)9-13-6-5-12(18)10-19-13/h2-6,10,15H,7-9H2,1H3,(H,20,21)/t15-/m1/s1. The Bertz CT molecular complexity index is 686. The fraction of sp³-hybridized carbons (Fsp3) is 0.294. The van der Waals surface area contributed by atoms with Gasteiger partial charge in [0.05, 0.1) is 24.1 Å². The van der Waals surface area contributed by atoms with E-state index in [9.17, 15) is 4.79 Å². The zero-order chi connectivity index (χ0) is 15.5. The summed E-state index contributed by atoms with van der Waals surface area (Å²) in [5.74, 6) is 0.845. The summed E-state index contributed by atoms with van der Waals surface area (Å²) < 4.78 is 5.72. The van der Waals surface area contributed by atoms with Crippen LogP contribution in [0.25, 0.3) is 0 Å². The molecule has 0 saturated heterocycles. The molecule has 0 unspecified atom stereocenters. The number of nitrogens with one attached hydrogen (secondary N) is 1. The lowest BCUT2D eigenvalue weighted by Gasteiger charge is -2.27. The summed E-state index contributed by atoms with van der Waals surface area (Å²) in [6.45, 7) is 2.63. The number of aromatic nitrogens is 1. The van der Waals surface area contributed by atoms with Crippen LogP contribution in [-0.4, -0.2) is 17.5 Å². The predicted molar refractivity (Wildman–Crippen MR) is 85.1 cm³/mol. The van der Waals surface area contributed by atoms with Crippen LogP contribution < -0.4 is 10.1 Å². The first-order valence-electron chi connectivity index (χ1n) is 7.25. The Labute approximate surface area is 134 Å². The van der Waals surface area contributed by atoms with Gasteiger partial charge in [0, 0.05) is 23.9 Å². The summed E-state index contributed by atoms with van der Waals surface area (Å²) in [7, 11) is 0. The van der Waals surface area contributed by atoms with Crippen molar-refractivity contribution in [3.63, 3.8) is 0 Å². The molecule has 0 aliphatic carbocycles. The molecule has 1 N–H and O–H groups in total. The van der Waals surface area contributed by atoms with Gasteiger partial charge in [-0.05, 0) is 24.6 Å². The number of carbonyl (C=O) groups is 1. The molecule has 4 nitrogen and oxygen atoms in total. The van der Waals surface area contributed by atoms with E-state index in [0.29, 0.717) is 17.3 Å². The number of halogens is 1. The topological polar surface area (TPSA) is 51.2 Å². The van der Waals surface area contributed by atoms with Crippen LogP contribution in [0, 0.1) is 6.92 Å². The molecule has 0 spiro atoms. The second-order valence-corrected chi connectivity index (χ2v) is 5.83. The van der Waals surface area contributed by atoms with Crippen molar-refractivity contribution in [2.24, 2.45) is 0 Å². The number of hydrogen-bond acceptors (Lipinski definition) is 3. The molecule has 1 amide bonds. The van der Waals surface area contributed by atoms with Crippen LogP contribution in [0.15, 0.2) is 36.5 Å². The lowest BCUT2D eigenvalue weighted by atomic mass is 9.98. The third-order valence-corrected chi connectivity index (χ3v) is 3.96. The van der Waals surface area contributed by atoms with Gasteiger partial charge in [0.2, 0.25) is 5.91 Å². The smallest absolute Gasteiger partial charge is 0.226 e. The summed E-state index contributed by atoms with van der Waals surface area (Å²) in [4.78, 5) is 16.4. The number of amides is 1. The van der Waals surface area contributed by atoms with Gasteiger partial charge in [0.1, 0.15) is 5.75 Å². The first-order valence-corrected chi connectivity index (χ1v) is 7.63. The normalized spacial score (nSPS) is 16.5. The van der Waals surface area contributed by atoms with Crippen molar-refractivity contribution >= 4 is 17.5 Å². The summed E-state index contributed by atoms with van der Waals surface area (Å²) in [5.41, 5.74) is 2.85. The largest absolute Gasteiger partial charge is 0.493 e. The SMILES string of the molecule is Cc1cccc2c1OCC[C@H]2NC(=O)Cc1ccc(Cl)cn1. The number of pyridine rings is 1. The second kappa shape index (κ2) is 6.36. The van der Waals surface area contributed by atoms with Gasteiger partial charge >= 0.3 is 0 Å². The Morgan fingerprint density at radius 2 is 2.27 bits per heavy atom. The van der Waals surface area contributed by atoms with Crippen LogP contribution in [0.4, 0.5) is 0 Å². The van der Waals surface area contributed by atoms with Crippen LogP contribution in [0.5, 0.6) is 5.75 Å². The van der Waals surface area contributed by atoms with Crippen molar-refractivity contribution in [3.8, 4) is 5.75 Å². The van der Waals surface area contributed by atoms with Crippen molar-refractivity contribution in [3.05, 3.63) is 58.4 Å².